The lowest BCUT2D eigenvalue weighted by atomic mass is 10.2. The third-order valence-corrected chi connectivity index (χ3v) is 1.40. The van der Waals surface area contributed by atoms with Gasteiger partial charge in [-0.2, -0.15) is 0 Å². The van der Waals surface area contributed by atoms with Crippen LogP contribution < -0.4 is 5.32 Å². The maximum atomic E-state index is 11.1. The molecule has 0 aromatic rings. The minimum Gasteiger partial charge on any atom is -0.469 e. The molecular formula is C10H17NO5. The van der Waals surface area contributed by atoms with Crippen LogP contribution in [0.4, 0.5) is 4.79 Å². The van der Waals surface area contributed by atoms with Gasteiger partial charge >= 0.3 is 12.1 Å². The molecule has 0 bridgehead atoms. The highest BCUT2D eigenvalue weighted by atomic mass is 16.6. The van der Waals surface area contributed by atoms with Crippen molar-refractivity contribution >= 4 is 17.8 Å². The predicted octanol–water partition coefficient (Wildman–Crippen LogP) is 0.643. The quantitative estimate of drug-likeness (QED) is 0.567. The van der Waals surface area contributed by atoms with Gasteiger partial charge in [0.25, 0.3) is 0 Å². The molecule has 1 amide bonds. The Bertz CT molecular complexity index is 279. The fourth-order valence-corrected chi connectivity index (χ4v) is 0.781. The van der Waals surface area contributed by atoms with Crippen molar-refractivity contribution < 1.29 is 23.9 Å². The van der Waals surface area contributed by atoms with Crippen LogP contribution in [0.25, 0.3) is 0 Å². The highest BCUT2D eigenvalue weighted by Crippen LogP contribution is 2.06. The molecule has 0 spiro atoms. The highest BCUT2D eigenvalue weighted by molar-refractivity contribution is 5.97. The van der Waals surface area contributed by atoms with Crippen LogP contribution in [-0.4, -0.2) is 37.1 Å². The fraction of sp³-hybridized carbons (Fsp3) is 0.700. The topological polar surface area (TPSA) is 81.7 Å². The Morgan fingerprint density at radius 2 is 1.75 bits per heavy atom. The molecular weight excluding hydrogens is 214 g/mol. The molecule has 0 unspecified atom stereocenters. The molecule has 92 valence electrons. The Morgan fingerprint density at radius 3 is 2.19 bits per heavy atom. The van der Waals surface area contributed by atoms with Gasteiger partial charge in [0, 0.05) is 0 Å². The van der Waals surface area contributed by atoms with Crippen molar-refractivity contribution in [2.24, 2.45) is 0 Å². The summed E-state index contributed by atoms with van der Waals surface area (Å²) in [7, 11) is 1.19. The van der Waals surface area contributed by atoms with Crippen molar-refractivity contribution in [1.82, 2.24) is 5.32 Å². The summed E-state index contributed by atoms with van der Waals surface area (Å²) in [6.45, 7) is 4.89. The molecule has 6 nitrogen and oxygen atoms in total. The van der Waals surface area contributed by atoms with Crippen molar-refractivity contribution in [3.8, 4) is 0 Å². The molecule has 0 aliphatic carbocycles. The molecule has 1 N–H and O–H groups in total. The summed E-state index contributed by atoms with van der Waals surface area (Å²) < 4.78 is 9.21. The summed E-state index contributed by atoms with van der Waals surface area (Å²) in [6, 6.07) is 0. The van der Waals surface area contributed by atoms with Gasteiger partial charge in [-0.3, -0.25) is 9.59 Å². The SMILES string of the molecule is COC(=O)CC(=O)CNC(=O)OC(C)(C)C. The van der Waals surface area contributed by atoms with Crippen molar-refractivity contribution in [2.45, 2.75) is 32.8 Å². The second-order valence-corrected chi connectivity index (χ2v) is 4.15. The monoisotopic (exact) mass is 231 g/mol. The van der Waals surface area contributed by atoms with Gasteiger partial charge in [0.1, 0.15) is 12.0 Å². The standard InChI is InChI=1S/C10H17NO5/c1-10(2,3)16-9(14)11-6-7(12)5-8(13)15-4/h5-6H2,1-4H3,(H,11,14). The van der Waals surface area contributed by atoms with E-state index in [1.165, 1.54) is 7.11 Å². The predicted molar refractivity (Wildman–Crippen MR) is 55.9 cm³/mol. The summed E-state index contributed by atoms with van der Waals surface area (Å²) in [5.74, 6) is -1.06. The van der Waals surface area contributed by atoms with E-state index in [1.807, 2.05) is 0 Å². The first-order chi connectivity index (χ1) is 7.24. The molecule has 0 aliphatic heterocycles. The number of amides is 1. The number of ether oxygens (including phenoxy) is 2. The lowest BCUT2D eigenvalue weighted by Gasteiger charge is -2.19. The molecule has 0 radical (unpaired) electrons. The number of carbonyl (C=O) groups excluding carboxylic acids is 3. The first kappa shape index (κ1) is 14.4. The minimum absolute atomic E-state index is 0.246. The van der Waals surface area contributed by atoms with E-state index in [1.54, 1.807) is 20.8 Å². The molecule has 0 saturated carbocycles. The molecule has 0 aromatic heterocycles. The molecule has 0 aromatic carbocycles. The van der Waals surface area contributed by atoms with E-state index in [4.69, 9.17) is 4.74 Å². The summed E-state index contributed by atoms with van der Waals surface area (Å²) in [5.41, 5.74) is -0.616. The lowest BCUT2D eigenvalue weighted by molar-refractivity contribution is -0.143. The van der Waals surface area contributed by atoms with E-state index < -0.39 is 23.4 Å². The van der Waals surface area contributed by atoms with Crippen LogP contribution in [0.2, 0.25) is 0 Å². The zero-order valence-electron chi connectivity index (χ0n) is 9.96. The molecule has 0 saturated heterocycles. The van der Waals surface area contributed by atoms with Crippen LogP contribution in [0.1, 0.15) is 27.2 Å². The number of carbonyl (C=O) groups is 3. The Balaban J connectivity index is 3.84. The maximum absolute atomic E-state index is 11.1. The van der Waals surface area contributed by atoms with Crippen LogP contribution >= 0.6 is 0 Å². The largest absolute Gasteiger partial charge is 0.469 e. The Labute approximate surface area is 94.3 Å². The maximum Gasteiger partial charge on any atom is 0.408 e. The Kier molecular flexibility index (Phi) is 5.49. The van der Waals surface area contributed by atoms with Crippen molar-refractivity contribution in [3.63, 3.8) is 0 Å². The first-order valence-corrected chi connectivity index (χ1v) is 4.80. The number of ketones is 1. The van der Waals surface area contributed by atoms with Gasteiger partial charge in [-0.05, 0) is 20.8 Å². The van der Waals surface area contributed by atoms with Crippen LogP contribution in [0.3, 0.4) is 0 Å². The summed E-state index contributed by atoms with van der Waals surface area (Å²) in [4.78, 5) is 32.9. The normalized spacial score (nSPS) is 10.5. The second-order valence-electron chi connectivity index (χ2n) is 4.15. The van der Waals surface area contributed by atoms with E-state index >= 15 is 0 Å². The van der Waals surface area contributed by atoms with E-state index in [0.717, 1.165) is 0 Å². The minimum atomic E-state index is -0.689. The lowest BCUT2D eigenvalue weighted by Crippen LogP contribution is -2.35. The highest BCUT2D eigenvalue weighted by Gasteiger charge is 2.17. The van der Waals surface area contributed by atoms with E-state index in [-0.39, 0.29) is 13.0 Å². The van der Waals surface area contributed by atoms with Gasteiger partial charge < -0.3 is 14.8 Å². The molecule has 16 heavy (non-hydrogen) atoms. The third kappa shape index (κ3) is 7.78. The first-order valence-electron chi connectivity index (χ1n) is 4.80. The van der Waals surface area contributed by atoms with Crippen LogP contribution in [0.5, 0.6) is 0 Å². The summed E-state index contributed by atoms with van der Waals surface area (Å²) in [5, 5.41) is 2.25. The third-order valence-electron chi connectivity index (χ3n) is 1.40. The molecule has 0 atom stereocenters. The second kappa shape index (κ2) is 6.09. The molecule has 0 fully saturated rings. The number of Topliss-reactive ketones (excluding diaryl/α,β-unsaturated/α-hetero) is 1. The Hall–Kier alpha value is -1.59. The summed E-state index contributed by atoms with van der Waals surface area (Å²) in [6.07, 6.45) is -1.04. The van der Waals surface area contributed by atoms with Gasteiger partial charge in [0.15, 0.2) is 5.78 Å². The molecule has 6 heteroatoms. The van der Waals surface area contributed by atoms with Crippen molar-refractivity contribution in [1.29, 1.82) is 0 Å². The smallest absolute Gasteiger partial charge is 0.408 e. The zero-order chi connectivity index (χ0) is 12.8. The number of alkyl carbamates (subject to hydrolysis) is 1. The van der Waals surface area contributed by atoms with E-state index in [0.29, 0.717) is 0 Å². The number of hydrogen-bond donors (Lipinski definition) is 1. The number of methoxy groups -OCH3 is 1. The Morgan fingerprint density at radius 1 is 1.19 bits per heavy atom. The van der Waals surface area contributed by atoms with Crippen molar-refractivity contribution in [3.05, 3.63) is 0 Å². The zero-order valence-corrected chi connectivity index (χ0v) is 9.96. The summed E-state index contributed by atoms with van der Waals surface area (Å²) >= 11 is 0. The van der Waals surface area contributed by atoms with E-state index in [9.17, 15) is 14.4 Å². The van der Waals surface area contributed by atoms with Gasteiger partial charge in [-0.1, -0.05) is 0 Å². The van der Waals surface area contributed by atoms with Crippen LogP contribution in [0, 0.1) is 0 Å². The van der Waals surface area contributed by atoms with Gasteiger partial charge in [0.2, 0.25) is 0 Å². The van der Waals surface area contributed by atoms with Gasteiger partial charge in [-0.15, -0.1) is 0 Å². The van der Waals surface area contributed by atoms with Gasteiger partial charge in [-0.25, -0.2) is 4.79 Å². The molecule has 0 rings (SSSR count). The fourth-order valence-electron chi connectivity index (χ4n) is 0.781. The van der Waals surface area contributed by atoms with Crippen LogP contribution in [0.15, 0.2) is 0 Å². The average Bonchev–Trinajstić information content (AvgIpc) is 2.12. The van der Waals surface area contributed by atoms with E-state index in [2.05, 4.69) is 10.1 Å². The number of rotatable bonds is 4. The van der Waals surface area contributed by atoms with Crippen molar-refractivity contribution in [2.75, 3.05) is 13.7 Å². The molecule has 0 aliphatic rings. The number of nitrogens with one attached hydrogen (secondary N) is 1. The van der Waals surface area contributed by atoms with Gasteiger partial charge in [0.05, 0.1) is 13.7 Å². The molecule has 0 heterocycles. The average molecular weight is 231 g/mol. The van der Waals surface area contributed by atoms with Crippen LogP contribution in [-0.2, 0) is 19.1 Å². The number of esters is 1. The number of hydrogen-bond acceptors (Lipinski definition) is 5.